The van der Waals surface area contributed by atoms with E-state index in [1.54, 1.807) is 12.1 Å². The van der Waals surface area contributed by atoms with Gasteiger partial charge in [-0.3, -0.25) is 9.36 Å². The lowest BCUT2D eigenvalue weighted by molar-refractivity contribution is -0.130. The predicted molar refractivity (Wildman–Crippen MR) is 146 cm³/mol. The van der Waals surface area contributed by atoms with Crippen molar-refractivity contribution in [1.29, 1.82) is 0 Å². The van der Waals surface area contributed by atoms with Crippen LogP contribution in [0.5, 0.6) is 5.75 Å². The minimum atomic E-state index is -4.67. The summed E-state index contributed by atoms with van der Waals surface area (Å²) >= 11 is 12.5. The van der Waals surface area contributed by atoms with Gasteiger partial charge in [0.1, 0.15) is 11.6 Å². The molecule has 15 heteroatoms. The topological polar surface area (TPSA) is 131 Å². The molecule has 1 heterocycles. The molecule has 1 saturated carbocycles. The fraction of sp³-hybridized carbons (Fsp3) is 0.385. The van der Waals surface area contributed by atoms with Crippen molar-refractivity contribution in [3.8, 4) is 22.8 Å². The number of hydrogen-bond donors (Lipinski definition) is 3. The summed E-state index contributed by atoms with van der Waals surface area (Å²) in [6.45, 7) is -0.641. The molecule has 1 amide bonds. The predicted octanol–water partition coefficient (Wildman–Crippen LogP) is 5.03. The maximum Gasteiger partial charge on any atom is 0.390 e. The molecule has 41 heavy (non-hydrogen) atoms. The number of rotatable bonds is 9. The molecule has 1 aliphatic rings. The maximum absolute atomic E-state index is 13.3. The van der Waals surface area contributed by atoms with Crippen LogP contribution in [0.25, 0.3) is 17.1 Å². The summed E-state index contributed by atoms with van der Waals surface area (Å²) in [5.74, 6) is -1.96. The Labute approximate surface area is 244 Å². The Morgan fingerprint density at radius 2 is 1.80 bits per heavy atom. The molecule has 2 atom stereocenters. The second kappa shape index (κ2) is 12.6. The molecule has 3 N–H and O–H groups in total. The zero-order valence-corrected chi connectivity index (χ0v) is 23.7. The zero-order chi connectivity index (χ0) is 29.9. The highest BCUT2D eigenvalue weighted by Gasteiger charge is 2.31. The van der Waals surface area contributed by atoms with E-state index in [0.717, 1.165) is 12.8 Å². The van der Waals surface area contributed by atoms with Crippen molar-refractivity contribution in [3.05, 3.63) is 63.9 Å². The first kappa shape index (κ1) is 31.1. The molecule has 3 aromatic rings. The van der Waals surface area contributed by atoms with Gasteiger partial charge in [0.25, 0.3) is 5.91 Å². The number of aliphatic hydroxyl groups is 2. The van der Waals surface area contributed by atoms with Crippen LogP contribution in [-0.4, -0.2) is 58.2 Å². The molecular formula is C26H26Cl2F3N3O6S. The standard InChI is InChI=1S/C26H26Cl2F3N3O6S/c27-15-5-10-18(19(28)13-15)24-33-23(25(37)32-20-3-1-2-4-22(20)36)21(14-35)34(24)16-6-8-17(9-7-16)40-41(38,39)12-11-26(29,30)31/h5-10,13,20,22,35-36H,1-4,11-12,14H2,(H,32,37)/t20-,22+/m1/s1. The lowest BCUT2D eigenvalue weighted by Crippen LogP contribution is -2.45. The Balaban J connectivity index is 1.72. The van der Waals surface area contributed by atoms with Gasteiger partial charge < -0.3 is 19.7 Å². The SMILES string of the molecule is O=C(N[C@@H]1CCCC[C@@H]1O)c1nc(-c2ccc(Cl)cc2Cl)n(-c2ccc(OS(=O)(=O)CCC(F)(F)F)cc2)c1CO. The Kier molecular flexibility index (Phi) is 9.54. The van der Waals surface area contributed by atoms with Crippen LogP contribution in [0.1, 0.15) is 48.3 Å². The summed E-state index contributed by atoms with van der Waals surface area (Å²) in [5, 5.41) is 24.0. The fourth-order valence-corrected chi connectivity index (χ4v) is 5.97. The van der Waals surface area contributed by atoms with Crippen molar-refractivity contribution < 1.29 is 40.8 Å². The Hall–Kier alpha value is -2.84. The molecule has 0 spiro atoms. The van der Waals surface area contributed by atoms with Gasteiger partial charge in [0.05, 0.1) is 41.6 Å². The first-order valence-corrected chi connectivity index (χ1v) is 14.9. The second-order valence-corrected chi connectivity index (χ2v) is 12.0. The van der Waals surface area contributed by atoms with Crippen LogP contribution in [0.4, 0.5) is 13.2 Å². The van der Waals surface area contributed by atoms with Crippen LogP contribution in [0.2, 0.25) is 10.0 Å². The number of halogens is 5. The smallest absolute Gasteiger partial charge is 0.390 e. The first-order valence-electron chi connectivity index (χ1n) is 12.5. The molecule has 0 radical (unpaired) electrons. The molecule has 222 valence electrons. The third-order valence-corrected chi connectivity index (χ3v) is 8.21. The summed E-state index contributed by atoms with van der Waals surface area (Å²) in [6.07, 6.45) is -4.17. The molecule has 1 aromatic heterocycles. The van der Waals surface area contributed by atoms with E-state index >= 15 is 0 Å². The van der Waals surface area contributed by atoms with E-state index in [1.807, 2.05) is 0 Å². The molecular weight excluding hydrogens is 610 g/mol. The minimum absolute atomic E-state index is 0.0697. The van der Waals surface area contributed by atoms with E-state index in [-0.39, 0.29) is 28.0 Å². The van der Waals surface area contributed by atoms with Gasteiger partial charge in [0.15, 0.2) is 5.69 Å². The Morgan fingerprint density at radius 1 is 1.12 bits per heavy atom. The maximum atomic E-state index is 13.3. The zero-order valence-electron chi connectivity index (χ0n) is 21.4. The summed E-state index contributed by atoms with van der Waals surface area (Å²) in [5.41, 5.74) is 0.610. The molecule has 0 aliphatic heterocycles. The molecule has 0 saturated heterocycles. The van der Waals surface area contributed by atoms with Gasteiger partial charge in [-0.15, -0.1) is 0 Å². The average Bonchev–Trinajstić information content (AvgIpc) is 3.28. The number of carbonyl (C=O) groups is 1. The van der Waals surface area contributed by atoms with Gasteiger partial charge in [0.2, 0.25) is 0 Å². The average molecular weight is 636 g/mol. The van der Waals surface area contributed by atoms with Crippen LogP contribution in [0.15, 0.2) is 42.5 Å². The monoisotopic (exact) mass is 635 g/mol. The van der Waals surface area contributed by atoms with Crippen LogP contribution < -0.4 is 9.50 Å². The van der Waals surface area contributed by atoms with Crippen molar-refractivity contribution in [2.45, 2.75) is 57.0 Å². The van der Waals surface area contributed by atoms with E-state index in [1.165, 1.54) is 34.9 Å². The van der Waals surface area contributed by atoms with Gasteiger partial charge in [-0.1, -0.05) is 36.0 Å². The van der Waals surface area contributed by atoms with E-state index < -0.39 is 53.1 Å². The van der Waals surface area contributed by atoms with Gasteiger partial charge in [-0.2, -0.15) is 21.6 Å². The second-order valence-electron chi connectivity index (χ2n) is 9.48. The summed E-state index contributed by atoms with van der Waals surface area (Å²) in [4.78, 5) is 17.8. The van der Waals surface area contributed by atoms with Gasteiger partial charge in [-0.25, -0.2) is 4.98 Å². The van der Waals surface area contributed by atoms with E-state index in [4.69, 9.17) is 27.4 Å². The molecule has 0 unspecified atom stereocenters. The number of nitrogens with one attached hydrogen (secondary N) is 1. The number of nitrogens with zero attached hydrogens (tertiary/aromatic N) is 2. The van der Waals surface area contributed by atoms with Gasteiger partial charge in [-0.05, 0) is 55.3 Å². The van der Waals surface area contributed by atoms with E-state index in [2.05, 4.69) is 10.3 Å². The number of aliphatic hydroxyl groups excluding tert-OH is 2. The third-order valence-electron chi connectivity index (χ3n) is 6.51. The highest BCUT2D eigenvalue weighted by atomic mass is 35.5. The van der Waals surface area contributed by atoms with Crippen LogP contribution in [-0.2, 0) is 16.7 Å². The van der Waals surface area contributed by atoms with E-state index in [9.17, 15) is 36.6 Å². The fourth-order valence-electron chi connectivity index (χ4n) is 4.51. The number of aromatic nitrogens is 2. The number of amides is 1. The minimum Gasteiger partial charge on any atom is -0.391 e. The molecule has 2 aromatic carbocycles. The lowest BCUT2D eigenvalue weighted by atomic mass is 9.92. The van der Waals surface area contributed by atoms with E-state index in [0.29, 0.717) is 29.1 Å². The largest absolute Gasteiger partial charge is 0.391 e. The van der Waals surface area contributed by atoms with Crippen LogP contribution >= 0.6 is 23.2 Å². The van der Waals surface area contributed by atoms with Crippen molar-refractivity contribution in [1.82, 2.24) is 14.9 Å². The van der Waals surface area contributed by atoms with Crippen molar-refractivity contribution in [3.63, 3.8) is 0 Å². The summed E-state index contributed by atoms with van der Waals surface area (Å²) in [6, 6.07) is 9.30. The number of carbonyl (C=O) groups excluding carboxylic acids is 1. The normalized spacial score (nSPS) is 17.8. The highest BCUT2D eigenvalue weighted by Crippen LogP contribution is 2.34. The number of benzene rings is 2. The molecule has 0 bridgehead atoms. The lowest BCUT2D eigenvalue weighted by Gasteiger charge is -2.28. The Bertz CT molecular complexity index is 1510. The third kappa shape index (κ3) is 7.72. The van der Waals surface area contributed by atoms with Crippen LogP contribution in [0.3, 0.4) is 0 Å². The highest BCUT2D eigenvalue weighted by molar-refractivity contribution is 7.87. The molecule has 4 rings (SSSR count). The van der Waals surface area contributed by atoms with Crippen molar-refractivity contribution in [2.24, 2.45) is 0 Å². The molecule has 9 nitrogen and oxygen atoms in total. The van der Waals surface area contributed by atoms with Gasteiger partial charge in [0, 0.05) is 16.3 Å². The summed E-state index contributed by atoms with van der Waals surface area (Å²) in [7, 11) is -4.53. The first-order chi connectivity index (χ1) is 19.3. The molecule has 1 fully saturated rings. The quantitative estimate of drug-likeness (QED) is 0.281. The number of alkyl halides is 3. The van der Waals surface area contributed by atoms with Crippen molar-refractivity contribution >= 4 is 39.2 Å². The van der Waals surface area contributed by atoms with Crippen molar-refractivity contribution in [2.75, 3.05) is 5.75 Å². The van der Waals surface area contributed by atoms with Gasteiger partial charge >= 0.3 is 16.3 Å². The Morgan fingerprint density at radius 3 is 2.41 bits per heavy atom. The number of imidazole rings is 1. The van der Waals surface area contributed by atoms with Crippen LogP contribution in [0, 0.1) is 0 Å². The number of hydrogen-bond acceptors (Lipinski definition) is 7. The molecule has 1 aliphatic carbocycles. The summed E-state index contributed by atoms with van der Waals surface area (Å²) < 4.78 is 67.7.